The summed E-state index contributed by atoms with van der Waals surface area (Å²) in [4.78, 5) is 11.7. The van der Waals surface area contributed by atoms with E-state index < -0.39 is 0 Å². The zero-order valence-electron chi connectivity index (χ0n) is 9.71. The van der Waals surface area contributed by atoms with Crippen molar-refractivity contribution in [1.29, 1.82) is 0 Å². The molecule has 0 spiro atoms. The number of benzene rings is 1. The number of anilines is 1. The first-order valence-corrected chi connectivity index (χ1v) is 5.54. The summed E-state index contributed by atoms with van der Waals surface area (Å²) in [5.41, 5.74) is 2.09. The van der Waals surface area contributed by atoms with Gasteiger partial charge in [0, 0.05) is 11.6 Å². The van der Waals surface area contributed by atoms with Crippen LogP contribution < -0.4 is 5.32 Å². The minimum atomic E-state index is 0.129. The van der Waals surface area contributed by atoms with Crippen LogP contribution in [0.1, 0.15) is 32.3 Å². The number of rotatable bonds is 4. The first-order valence-electron chi connectivity index (χ1n) is 5.54. The van der Waals surface area contributed by atoms with Crippen molar-refractivity contribution in [1.82, 2.24) is 0 Å². The van der Waals surface area contributed by atoms with Gasteiger partial charge in [0.05, 0.1) is 0 Å². The summed E-state index contributed by atoms with van der Waals surface area (Å²) in [5, 5.41) is 2.93. The lowest BCUT2D eigenvalue weighted by Crippen LogP contribution is -2.21. The molecular formula is C13H19NO. The minimum Gasteiger partial charge on any atom is -0.326 e. The van der Waals surface area contributed by atoms with E-state index in [4.69, 9.17) is 0 Å². The Labute approximate surface area is 91.7 Å². The van der Waals surface area contributed by atoms with Crippen molar-refractivity contribution in [2.24, 2.45) is 5.92 Å². The van der Waals surface area contributed by atoms with Crippen molar-refractivity contribution in [2.45, 2.75) is 33.6 Å². The number of hydrogen-bond donors (Lipinski definition) is 1. The van der Waals surface area contributed by atoms with Gasteiger partial charge in [-0.2, -0.15) is 0 Å². The van der Waals surface area contributed by atoms with Crippen LogP contribution in [0.25, 0.3) is 0 Å². The Morgan fingerprint density at radius 2 is 1.73 bits per heavy atom. The number of aryl methyl sites for hydroxylation is 1. The molecule has 0 aliphatic carbocycles. The molecule has 0 heterocycles. The summed E-state index contributed by atoms with van der Waals surface area (Å²) in [6.07, 6.45) is 1.79. The van der Waals surface area contributed by atoms with E-state index >= 15 is 0 Å². The molecule has 82 valence electrons. The molecule has 1 rings (SSSR count). The van der Waals surface area contributed by atoms with Gasteiger partial charge in [-0.05, 0) is 31.9 Å². The highest BCUT2D eigenvalue weighted by molar-refractivity contribution is 5.92. The zero-order valence-corrected chi connectivity index (χ0v) is 9.71. The Morgan fingerprint density at radius 1 is 1.20 bits per heavy atom. The molecule has 0 aromatic heterocycles. The largest absolute Gasteiger partial charge is 0.326 e. The van der Waals surface area contributed by atoms with Crippen molar-refractivity contribution in [2.75, 3.05) is 5.32 Å². The Bertz CT molecular complexity index is 312. The second-order valence-electron chi connectivity index (χ2n) is 3.87. The molecule has 15 heavy (non-hydrogen) atoms. The predicted molar refractivity (Wildman–Crippen MR) is 63.9 cm³/mol. The molecule has 1 aromatic carbocycles. The van der Waals surface area contributed by atoms with E-state index in [2.05, 4.69) is 5.32 Å². The lowest BCUT2D eigenvalue weighted by atomic mass is 10.0. The molecule has 1 aromatic rings. The molecule has 0 atom stereocenters. The van der Waals surface area contributed by atoms with Crippen LogP contribution in [0.4, 0.5) is 5.69 Å². The fraction of sp³-hybridized carbons (Fsp3) is 0.462. The second kappa shape index (κ2) is 5.54. The van der Waals surface area contributed by atoms with Gasteiger partial charge in [-0.3, -0.25) is 4.79 Å². The van der Waals surface area contributed by atoms with Crippen LogP contribution in [-0.4, -0.2) is 5.91 Å². The van der Waals surface area contributed by atoms with Gasteiger partial charge in [0.2, 0.25) is 5.91 Å². The fourth-order valence-electron chi connectivity index (χ4n) is 1.54. The SMILES string of the molecule is CCC(CC)C(=O)Nc1ccc(C)cc1. The highest BCUT2D eigenvalue weighted by Crippen LogP contribution is 2.13. The molecule has 0 radical (unpaired) electrons. The predicted octanol–water partition coefficient (Wildman–Crippen LogP) is 3.37. The van der Waals surface area contributed by atoms with Gasteiger partial charge in [-0.15, -0.1) is 0 Å². The molecule has 0 aliphatic heterocycles. The van der Waals surface area contributed by atoms with E-state index in [0.717, 1.165) is 18.5 Å². The van der Waals surface area contributed by atoms with Crippen LogP contribution in [0, 0.1) is 12.8 Å². The summed E-state index contributed by atoms with van der Waals surface area (Å²) in [6.45, 7) is 6.12. The summed E-state index contributed by atoms with van der Waals surface area (Å²) < 4.78 is 0. The average Bonchev–Trinajstić information content (AvgIpc) is 2.23. The Hall–Kier alpha value is -1.31. The maximum atomic E-state index is 11.7. The Kier molecular flexibility index (Phi) is 4.35. The normalized spacial score (nSPS) is 10.4. The van der Waals surface area contributed by atoms with Crippen LogP contribution in [0.3, 0.4) is 0 Å². The molecule has 2 nitrogen and oxygen atoms in total. The summed E-state index contributed by atoms with van der Waals surface area (Å²) >= 11 is 0. The molecular weight excluding hydrogens is 186 g/mol. The molecule has 0 saturated carbocycles. The first kappa shape index (κ1) is 11.8. The van der Waals surface area contributed by atoms with E-state index in [-0.39, 0.29) is 11.8 Å². The molecule has 1 N–H and O–H groups in total. The van der Waals surface area contributed by atoms with Gasteiger partial charge in [0.25, 0.3) is 0 Å². The topological polar surface area (TPSA) is 29.1 Å². The Balaban J connectivity index is 2.61. The molecule has 0 aliphatic rings. The zero-order chi connectivity index (χ0) is 11.3. The van der Waals surface area contributed by atoms with Crippen molar-refractivity contribution in [3.05, 3.63) is 29.8 Å². The van der Waals surface area contributed by atoms with Gasteiger partial charge >= 0.3 is 0 Å². The van der Waals surface area contributed by atoms with Gasteiger partial charge in [-0.25, -0.2) is 0 Å². The van der Waals surface area contributed by atoms with Crippen molar-refractivity contribution >= 4 is 11.6 Å². The van der Waals surface area contributed by atoms with Crippen LogP contribution in [0.2, 0.25) is 0 Å². The standard InChI is InChI=1S/C13H19NO/c1-4-11(5-2)13(15)14-12-8-6-10(3)7-9-12/h6-9,11H,4-5H2,1-3H3,(H,14,15). The number of nitrogens with one attached hydrogen (secondary N) is 1. The summed E-state index contributed by atoms with van der Waals surface area (Å²) in [6, 6.07) is 7.89. The quantitative estimate of drug-likeness (QED) is 0.802. The van der Waals surface area contributed by atoms with Gasteiger partial charge in [0.15, 0.2) is 0 Å². The smallest absolute Gasteiger partial charge is 0.227 e. The van der Waals surface area contributed by atoms with Gasteiger partial charge < -0.3 is 5.32 Å². The van der Waals surface area contributed by atoms with Crippen molar-refractivity contribution < 1.29 is 4.79 Å². The maximum absolute atomic E-state index is 11.7. The van der Waals surface area contributed by atoms with Crippen LogP contribution in [-0.2, 0) is 4.79 Å². The lowest BCUT2D eigenvalue weighted by Gasteiger charge is -2.12. The summed E-state index contributed by atoms with van der Waals surface area (Å²) in [5.74, 6) is 0.259. The van der Waals surface area contributed by atoms with Crippen molar-refractivity contribution in [3.8, 4) is 0 Å². The monoisotopic (exact) mass is 205 g/mol. The van der Waals surface area contributed by atoms with Gasteiger partial charge in [-0.1, -0.05) is 31.5 Å². The number of amides is 1. The number of hydrogen-bond acceptors (Lipinski definition) is 1. The Morgan fingerprint density at radius 3 is 2.20 bits per heavy atom. The molecule has 1 amide bonds. The second-order valence-corrected chi connectivity index (χ2v) is 3.87. The van der Waals surface area contributed by atoms with E-state index in [9.17, 15) is 4.79 Å². The van der Waals surface area contributed by atoms with Crippen LogP contribution in [0.5, 0.6) is 0 Å². The molecule has 0 saturated heterocycles. The van der Waals surface area contributed by atoms with E-state index in [0.29, 0.717) is 0 Å². The van der Waals surface area contributed by atoms with E-state index in [1.807, 2.05) is 45.0 Å². The van der Waals surface area contributed by atoms with E-state index in [1.54, 1.807) is 0 Å². The maximum Gasteiger partial charge on any atom is 0.227 e. The highest BCUT2D eigenvalue weighted by Gasteiger charge is 2.13. The van der Waals surface area contributed by atoms with Crippen LogP contribution >= 0.6 is 0 Å². The minimum absolute atomic E-state index is 0.129. The first-order chi connectivity index (χ1) is 7.17. The number of carbonyl (C=O) groups is 1. The summed E-state index contributed by atoms with van der Waals surface area (Å²) in [7, 11) is 0. The highest BCUT2D eigenvalue weighted by atomic mass is 16.1. The third kappa shape index (κ3) is 3.39. The molecule has 0 fully saturated rings. The fourth-order valence-corrected chi connectivity index (χ4v) is 1.54. The average molecular weight is 205 g/mol. The van der Waals surface area contributed by atoms with Crippen LogP contribution in [0.15, 0.2) is 24.3 Å². The van der Waals surface area contributed by atoms with E-state index in [1.165, 1.54) is 5.56 Å². The third-order valence-corrected chi connectivity index (χ3v) is 2.68. The number of carbonyl (C=O) groups excluding carboxylic acids is 1. The van der Waals surface area contributed by atoms with Crippen molar-refractivity contribution in [3.63, 3.8) is 0 Å². The molecule has 0 bridgehead atoms. The third-order valence-electron chi connectivity index (χ3n) is 2.68. The van der Waals surface area contributed by atoms with Gasteiger partial charge in [0.1, 0.15) is 0 Å². The molecule has 0 unspecified atom stereocenters. The molecule has 2 heteroatoms. The lowest BCUT2D eigenvalue weighted by molar-refractivity contribution is -0.120.